The highest BCUT2D eigenvalue weighted by atomic mass is 32.2. The number of benzene rings is 2. The standard InChI is InChI=1S/C18H19NO4S/c1-22-15-8-4-13(17(12-15)23-2)5-11-18(20)19-14-6-9-16(10-7-14)24(3)21/h4-12H,1-3H3,(H,19,20)/b11-5+. The van der Waals surface area contributed by atoms with Gasteiger partial charge in [-0.2, -0.15) is 0 Å². The van der Waals surface area contributed by atoms with Crippen molar-refractivity contribution in [2.45, 2.75) is 4.90 Å². The zero-order valence-electron chi connectivity index (χ0n) is 13.7. The van der Waals surface area contributed by atoms with E-state index in [0.717, 1.165) is 5.56 Å². The van der Waals surface area contributed by atoms with Gasteiger partial charge in [0.1, 0.15) is 11.5 Å². The van der Waals surface area contributed by atoms with Gasteiger partial charge in [-0.25, -0.2) is 0 Å². The van der Waals surface area contributed by atoms with E-state index in [2.05, 4.69) is 5.32 Å². The second-order valence-electron chi connectivity index (χ2n) is 4.91. The normalized spacial score (nSPS) is 12.0. The van der Waals surface area contributed by atoms with Gasteiger partial charge in [-0.15, -0.1) is 0 Å². The average molecular weight is 345 g/mol. The number of hydrogen-bond acceptors (Lipinski definition) is 4. The van der Waals surface area contributed by atoms with Gasteiger partial charge in [-0.1, -0.05) is 0 Å². The van der Waals surface area contributed by atoms with Crippen molar-refractivity contribution in [2.75, 3.05) is 25.8 Å². The second-order valence-corrected chi connectivity index (χ2v) is 6.29. The Morgan fingerprint density at radius 1 is 1.08 bits per heavy atom. The minimum Gasteiger partial charge on any atom is -0.497 e. The molecule has 2 aromatic carbocycles. The summed E-state index contributed by atoms with van der Waals surface area (Å²) in [5.74, 6) is 1.04. The Kier molecular flexibility index (Phi) is 6.14. The van der Waals surface area contributed by atoms with Crippen LogP contribution in [0.1, 0.15) is 5.56 Å². The van der Waals surface area contributed by atoms with Crippen molar-refractivity contribution in [1.82, 2.24) is 0 Å². The summed E-state index contributed by atoms with van der Waals surface area (Å²) in [6.07, 6.45) is 4.71. The van der Waals surface area contributed by atoms with Gasteiger partial charge >= 0.3 is 0 Å². The van der Waals surface area contributed by atoms with Crippen LogP contribution < -0.4 is 14.8 Å². The van der Waals surface area contributed by atoms with E-state index in [0.29, 0.717) is 22.1 Å². The third kappa shape index (κ3) is 4.70. The Hall–Kier alpha value is -2.60. The molecular weight excluding hydrogens is 326 g/mol. The summed E-state index contributed by atoms with van der Waals surface area (Å²) in [4.78, 5) is 12.7. The summed E-state index contributed by atoms with van der Waals surface area (Å²) in [7, 11) is 2.11. The molecule has 0 saturated carbocycles. The fourth-order valence-corrected chi connectivity index (χ4v) is 2.55. The van der Waals surface area contributed by atoms with Gasteiger partial charge in [0, 0.05) is 45.3 Å². The lowest BCUT2D eigenvalue weighted by Gasteiger charge is -2.07. The summed E-state index contributed by atoms with van der Waals surface area (Å²) in [5, 5.41) is 2.75. The molecule has 1 atom stereocenters. The second kappa shape index (κ2) is 8.31. The molecule has 2 aromatic rings. The SMILES string of the molecule is COc1ccc(/C=C/C(=O)Nc2ccc(S(C)=O)cc2)c(OC)c1. The maximum Gasteiger partial charge on any atom is 0.248 e. The number of ether oxygens (including phenoxy) is 2. The molecule has 0 fully saturated rings. The summed E-state index contributed by atoms with van der Waals surface area (Å²) in [6.45, 7) is 0. The third-order valence-corrected chi connectivity index (χ3v) is 4.24. The molecule has 126 valence electrons. The fraction of sp³-hybridized carbons (Fsp3) is 0.167. The molecule has 1 amide bonds. The number of amides is 1. The fourth-order valence-electron chi connectivity index (χ4n) is 2.04. The van der Waals surface area contributed by atoms with Crippen LogP contribution in [0.15, 0.2) is 53.4 Å². The summed E-state index contributed by atoms with van der Waals surface area (Å²) < 4.78 is 21.8. The summed E-state index contributed by atoms with van der Waals surface area (Å²) in [6, 6.07) is 12.2. The highest BCUT2D eigenvalue weighted by Crippen LogP contribution is 2.25. The predicted octanol–water partition coefficient (Wildman–Crippen LogP) is 3.09. The number of nitrogens with one attached hydrogen (secondary N) is 1. The lowest BCUT2D eigenvalue weighted by molar-refractivity contribution is -0.111. The van der Waals surface area contributed by atoms with E-state index in [-0.39, 0.29) is 5.91 Å². The van der Waals surface area contributed by atoms with Gasteiger partial charge in [-0.05, 0) is 42.5 Å². The van der Waals surface area contributed by atoms with Gasteiger partial charge in [0.15, 0.2) is 0 Å². The van der Waals surface area contributed by atoms with Gasteiger partial charge in [0.25, 0.3) is 0 Å². The van der Waals surface area contributed by atoms with Crippen LogP contribution in [0.3, 0.4) is 0 Å². The molecule has 6 heteroatoms. The van der Waals surface area contributed by atoms with Crippen LogP contribution in [0.2, 0.25) is 0 Å². The Morgan fingerprint density at radius 2 is 1.79 bits per heavy atom. The number of hydrogen-bond donors (Lipinski definition) is 1. The summed E-state index contributed by atoms with van der Waals surface area (Å²) >= 11 is 0. The number of carbonyl (C=O) groups is 1. The monoisotopic (exact) mass is 345 g/mol. The lowest BCUT2D eigenvalue weighted by Crippen LogP contribution is -2.07. The van der Waals surface area contributed by atoms with Crippen molar-refractivity contribution in [3.05, 3.63) is 54.1 Å². The van der Waals surface area contributed by atoms with Crippen LogP contribution in [0.25, 0.3) is 6.08 Å². The first-order valence-electron chi connectivity index (χ1n) is 7.18. The lowest BCUT2D eigenvalue weighted by atomic mass is 10.1. The maximum atomic E-state index is 12.0. The van der Waals surface area contributed by atoms with Gasteiger partial charge in [0.05, 0.1) is 14.2 Å². The first-order chi connectivity index (χ1) is 11.5. The average Bonchev–Trinajstić information content (AvgIpc) is 2.60. The minimum absolute atomic E-state index is 0.266. The highest BCUT2D eigenvalue weighted by molar-refractivity contribution is 7.84. The smallest absolute Gasteiger partial charge is 0.248 e. The van der Waals surface area contributed by atoms with E-state index in [9.17, 15) is 9.00 Å². The zero-order valence-corrected chi connectivity index (χ0v) is 14.6. The molecule has 0 spiro atoms. The van der Waals surface area contributed by atoms with Crippen molar-refractivity contribution in [3.8, 4) is 11.5 Å². The van der Waals surface area contributed by atoms with Crippen LogP contribution in [0, 0.1) is 0 Å². The number of methoxy groups -OCH3 is 2. The maximum absolute atomic E-state index is 12.0. The molecule has 0 aromatic heterocycles. The van der Waals surface area contributed by atoms with Crippen LogP contribution in [0.4, 0.5) is 5.69 Å². The topological polar surface area (TPSA) is 64.6 Å². The van der Waals surface area contributed by atoms with E-state index in [1.807, 2.05) is 6.07 Å². The summed E-state index contributed by atoms with van der Waals surface area (Å²) in [5.41, 5.74) is 1.41. The van der Waals surface area contributed by atoms with Crippen molar-refractivity contribution in [2.24, 2.45) is 0 Å². The van der Waals surface area contributed by atoms with Crippen molar-refractivity contribution in [3.63, 3.8) is 0 Å². The van der Waals surface area contributed by atoms with Crippen LogP contribution in [0.5, 0.6) is 11.5 Å². The van der Waals surface area contributed by atoms with Crippen LogP contribution in [-0.4, -0.2) is 30.6 Å². The van der Waals surface area contributed by atoms with Gasteiger partial charge in [-0.3, -0.25) is 9.00 Å². The molecule has 0 radical (unpaired) electrons. The first kappa shape index (κ1) is 17.7. The predicted molar refractivity (Wildman–Crippen MR) is 96.0 cm³/mol. The quantitative estimate of drug-likeness (QED) is 0.817. The molecule has 0 heterocycles. The highest BCUT2D eigenvalue weighted by Gasteiger charge is 2.04. The molecule has 0 bridgehead atoms. The van der Waals surface area contributed by atoms with Gasteiger partial charge in [0.2, 0.25) is 5.91 Å². The molecule has 24 heavy (non-hydrogen) atoms. The van der Waals surface area contributed by atoms with Crippen molar-refractivity contribution in [1.29, 1.82) is 0 Å². The Bertz CT molecular complexity index is 769. The van der Waals surface area contributed by atoms with Crippen molar-refractivity contribution < 1.29 is 18.5 Å². The van der Waals surface area contributed by atoms with E-state index in [1.165, 1.54) is 6.08 Å². The molecular formula is C18H19NO4S. The Balaban J connectivity index is 2.06. The van der Waals surface area contributed by atoms with E-state index < -0.39 is 10.8 Å². The molecule has 0 saturated heterocycles. The molecule has 0 aliphatic heterocycles. The zero-order chi connectivity index (χ0) is 17.5. The Morgan fingerprint density at radius 3 is 2.38 bits per heavy atom. The van der Waals surface area contributed by atoms with E-state index >= 15 is 0 Å². The largest absolute Gasteiger partial charge is 0.497 e. The van der Waals surface area contributed by atoms with Gasteiger partial charge < -0.3 is 14.8 Å². The molecule has 2 rings (SSSR count). The third-order valence-electron chi connectivity index (χ3n) is 3.31. The number of carbonyl (C=O) groups excluding carboxylic acids is 1. The number of rotatable bonds is 6. The first-order valence-corrected chi connectivity index (χ1v) is 8.74. The molecule has 0 aliphatic rings. The van der Waals surface area contributed by atoms with Crippen LogP contribution >= 0.6 is 0 Å². The molecule has 1 N–H and O–H groups in total. The van der Waals surface area contributed by atoms with E-state index in [1.54, 1.807) is 62.9 Å². The van der Waals surface area contributed by atoms with Crippen molar-refractivity contribution >= 4 is 28.5 Å². The van der Waals surface area contributed by atoms with Crippen LogP contribution in [-0.2, 0) is 15.6 Å². The van der Waals surface area contributed by atoms with E-state index in [4.69, 9.17) is 9.47 Å². The molecule has 0 aliphatic carbocycles. The number of anilines is 1. The Labute approximate surface area is 143 Å². The molecule has 1 unspecified atom stereocenters. The minimum atomic E-state index is -1.04. The molecule has 5 nitrogen and oxygen atoms in total.